The number of hydrogen-bond donors (Lipinski definition) is 1. The van der Waals surface area contributed by atoms with Crippen LogP contribution in [0.4, 0.5) is 23.7 Å². The average molecular weight is 563 g/mol. The minimum Gasteiger partial charge on any atom is -0.463 e. The van der Waals surface area contributed by atoms with Crippen LogP contribution in [0, 0.1) is 6.92 Å². The van der Waals surface area contributed by atoms with Crippen LogP contribution in [0.2, 0.25) is 0 Å². The predicted octanol–water partition coefficient (Wildman–Crippen LogP) is 6.02. The molecule has 0 unspecified atom stereocenters. The molecule has 2 aromatic heterocycles. The molecule has 2 amide bonds. The second kappa shape index (κ2) is 11.9. The van der Waals surface area contributed by atoms with Crippen molar-refractivity contribution in [3.63, 3.8) is 0 Å². The van der Waals surface area contributed by atoms with Gasteiger partial charge >= 0.3 is 12.3 Å². The summed E-state index contributed by atoms with van der Waals surface area (Å²) in [6, 6.07) is 7.16. The third kappa shape index (κ3) is 7.59. The van der Waals surface area contributed by atoms with Gasteiger partial charge in [0.05, 0.1) is 28.7 Å². The molecule has 2 heterocycles. The lowest BCUT2D eigenvalue weighted by Crippen LogP contribution is -2.26. The first-order valence-electron chi connectivity index (χ1n) is 12.1. The maximum atomic E-state index is 13.6. The smallest absolute Gasteiger partial charge is 0.432 e. The molecular weight excluding hydrogens is 533 g/mol. The summed E-state index contributed by atoms with van der Waals surface area (Å²) in [5.74, 6) is -1.06. The maximum absolute atomic E-state index is 13.6. The first-order valence-corrected chi connectivity index (χ1v) is 12.9. The largest absolute Gasteiger partial charge is 0.463 e. The highest BCUT2D eigenvalue weighted by molar-refractivity contribution is 7.09. The number of benzene rings is 1. The van der Waals surface area contributed by atoms with Crippen molar-refractivity contribution < 1.29 is 27.9 Å². The van der Waals surface area contributed by atoms with Crippen LogP contribution in [-0.2, 0) is 18.1 Å². The molecular formula is C26H29F3N6O3S. The molecule has 39 heavy (non-hydrogen) atoms. The van der Waals surface area contributed by atoms with Gasteiger partial charge in [-0.2, -0.15) is 33.4 Å². The standard InChI is InChI=1S/C26H29F3N6O3S/c1-6-7-13-34-23(39-22(33-34)25(3,4)5)32-21(36)19-14-17(26(27,28)29)11-12-20(19)35(24(37)38)30-15-18-10-8-9-16(2)31-18/h8-12,14-15H,6-7,13H2,1-5H3,(H,37,38). The van der Waals surface area contributed by atoms with Gasteiger partial charge in [0, 0.05) is 17.7 Å². The van der Waals surface area contributed by atoms with Crippen LogP contribution in [0.25, 0.3) is 0 Å². The van der Waals surface area contributed by atoms with Gasteiger partial charge in [0.1, 0.15) is 5.01 Å². The zero-order chi connectivity index (χ0) is 29.0. The number of unbranched alkanes of at least 4 members (excludes halogenated alkanes) is 1. The fraction of sp³-hybridized carbons (Fsp3) is 0.385. The summed E-state index contributed by atoms with van der Waals surface area (Å²) in [5.41, 5.74) is -1.46. The zero-order valence-electron chi connectivity index (χ0n) is 22.2. The van der Waals surface area contributed by atoms with Crippen molar-refractivity contribution in [2.75, 3.05) is 5.01 Å². The van der Waals surface area contributed by atoms with E-state index in [0.29, 0.717) is 40.1 Å². The van der Waals surface area contributed by atoms with Gasteiger partial charge in [-0.25, -0.2) is 9.48 Å². The summed E-state index contributed by atoms with van der Waals surface area (Å²) in [6.07, 6.45) is -3.65. The van der Waals surface area contributed by atoms with Crippen LogP contribution in [0.5, 0.6) is 0 Å². The van der Waals surface area contributed by atoms with Crippen molar-refractivity contribution in [2.45, 2.75) is 65.6 Å². The number of carbonyl (C=O) groups is 2. The molecule has 1 N–H and O–H groups in total. The number of hydrazone groups is 1. The quantitative estimate of drug-likeness (QED) is 0.279. The highest BCUT2D eigenvalue weighted by Gasteiger charge is 2.33. The van der Waals surface area contributed by atoms with Gasteiger partial charge in [-0.3, -0.25) is 9.78 Å². The number of amides is 2. The zero-order valence-corrected chi connectivity index (χ0v) is 23.0. The summed E-state index contributed by atoms with van der Waals surface area (Å²) in [4.78, 5) is 34.0. The van der Waals surface area contributed by atoms with E-state index >= 15 is 0 Å². The summed E-state index contributed by atoms with van der Waals surface area (Å²) in [6.45, 7) is 10.0. The Labute approximate surface area is 227 Å². The Kier molecular flexibility index (Phi) is 9.05. The number of anilines is 1. The van der Waals surface area contributed by atoms with Crippen LogP contribution >= 0.6 is 11.3 Å². The molecule has 3 aromatic rings. The molecule has 0 fully saturated rings. The van der Waals surface area contributed by atoms with E-state index in [9.17, 15) is 27.9 Å². The van der Waals surface area contributed by atoms with E-state index in [-0.39, 0.29) is 15.9 Å². The maximum Gasteiger partial charge on any atom is 0.432 e. The molecule has 0 saturated heterocycles. The van der Waals surface area contributed by atoms with Crippen LogP contribution in [0.15, 0.2) is 46.5 Å². The van der Waals surface area contributed by atoms with Crippen molar-refractivity contribution in [1.82, 2.24) is 14.8 Å². The molecule has 0 radical (unpaired) electrons. The number of pyridine rings is 1. The SMILES string of the molecule is CCCCn1nc(C(C)(C)C)sc1=NC(=O)c1cc(C(F)(F)F)ccc1N(N=Cc1cccc(C)n1)C(=O)O. The molecule has 0 spiro atoms. The van der Waals surface area contributed by atoms with E-state index in [4.69, 9.17) is 0 Å². The highest BCUT2D eigenvalue weighted by atomic mass is 32.1. The lowest BCUT2D eigenvalue weighted by Gasteiger charge is -2.17. The van der Waals surface area contributed by atoms with Gasteiger partial charge in [-0.15, -0.1) is 0 Å². The molecule has 208 valence electrons. The molecule has 9 nitrogen and oxygen atoms in total. The van der Waals surface area contributed by atoms with Crippen LogP contribution in [-0.4, -0.2) is 38.1 Å². The number of halogens is 3. The van der Waals surface area contributed by atoms with E-state index in [1.54, 1.807) is 29.8 Å². The number of hydrogen-bond acceptors (Lipinski definition) is 6. The van der Waals surface area contributed by atoms with E-state index in [2.05, 4.69) is 20.2 Å². The Morgan fingerprint density at radius 3 is 2.49 bits per heavy atom. The van der Waals surface area contributed by atoms with Gasteiger partial charge in [-0.1, -0.05) is 51.5 Å². The molecule has 0 atom stereocenters. The van der Waals surface area contributed by atoms with Gasteiger partial charge in [0.25, 0.3) is 5.91 Å². The van der Waals surface area contributed by atoms with Crippen molar-refractivity contribution in [2.24, 2.45) is 10.1 Å². The molecule has 1 aromatic carbocycles. The Morgan fingerprint density at radius 2 is 1.90 bits per heavy atom. The van der Waals surface area contributed by atoms with Crippen LogP contribution in [0.3, 0.4) is 0 Å². The lowest BCUT2D eigenvalue weighted by molar-refractivity contribution is -0.137. The summed E-state index contributed by atoms with van der Waals surface area (Å²) >= 11 is 1.15. The minimum atomic E-state index is -4.78. The third-order valence-corrected chi connectivity index (χ3v) is 6.73. The van der Waals surface area contributed by atoms with E-state index in [1.807, 2.05) is 27.7 Å². The molecule has 0 aliphatic heterocycles. The summed E-state index contributed by atoms with van der Waals surface area (Å²) in [5, 5.41) is 19.4. The molecule has 3 rings (SSSR count). The van der Waals surface area contributed by atoms with E-state index in [1.165, 1.54) is 0 Å². The fourth-order valence-electron chi connectivity index (χ4n) is 3.33. The number of rotatable bonds is 7. The van der Waals surface area contributed by atoms with E-state index in [0.717, 1.165) is 36.5 Å². The van der Waals surface area contributed by atoms with E-state index < -0.39 is 29.3 Å². The molecule has 0 bridgehead atoms. The average Bonchev–Trinajstić information content (AvgIpc) is 3.25. The monoisotopic (exact) mass is 562 g/mol. The van der Waals surface area contributed by atoms with Gasteiger partial charge < -0.3 is 5.11 Å². The normalized spacial score (nSPS) is 12.8. The number of carboxylic acid groups (broad SMARTS) is 1. The second-order valence-corrected chi connectivity index (χ2v) is 10.7. The number of aryl methyl sites for hydroxylation is 2. The first kappa shape index (κ1) is 29.7. The lowest BCUT2D eigenvalue weighted by atomic mass is 9.98. The Bertz CT molecular complexity index is 1450. The summed E-state index contributed by atoms with van der Waals surface area (Å²) < 4.78 is 42.3. The third-order valence-electron chi connectivity index (χ3n) is 5.36. The Morgan fingerprint density at radius 1 is 1.18 bits per heavy atom. The Balaban J connectivity index is 2.17. The van der Waals surface area contributed by atoms with Crippen molar-refractivity contribution in [1.29, 1.82) is 0 Å². The fourth-order valence-corrected chi connectivity index (χ4v) is 4.32. The number of aromatic nitrogens is 3. The van der Waals surface area contributed by atoms with Gasteiger partial charge in [-0.05, 0) is 43.7 Å². The second-order valence-electron chi connectivity index (χ2n) is 9.71. The predicted molar refractivity (Wildman–Crippen MR) is 142 cm³/mol. The Hall–Kier alpha value is -3.87. The highest BCUT2D eigenvalue weighted by Crippen LogP contribution is 2.33. The topological polar surface area (TPSA) is 113 Å². The minimum absolute atomic E-state index is 0.205. The van der Waals surface area contributed by atoms with Crippen molar-refractivity contribution in [3.8, 4) is 0 Å². The number of alkyl halides is 3. The van der Waals surface area contributed by atoms with Crippen LogP contribution in [0.1, 0.15) is 72.9 Å². The van der Waals surface area contributed by atoms with Gasteiger partial charge in [0.2, 0.25) is 4.80 Å². The van der Waals surface area contributed by atoms with Crippen molar-refractivity contribution >= 4 is 35.2 Å². The first-order chi connectivity index (χ1) is 18.2. The summed E-state index contributed by atoms with van der Waals surface area (Å²) in [7, 11) is 0. The number of nitrogens with zero attached hydrogens (tertiary/aromatic N) is 6. The van der Waals surface area contributed by atoms with Crippen LogP contribution < -0.4 is 9.81 Å². The van der Waals surface area contributed by atoms with Gasteiger partial charge in [0.15, 0.2) is 0 Å². The molecule has 0 aliphatic rings. The molecule has 0 aliphatic carbocycles. The molecule has 13 heteroatoms. The van der Waals surface area contributed by atoms with Crippen molar-refractivity contribution in [3.05, 3.63) is 68.7 Å². The molecule has 0 saturated carbocycles. The number of carbonyl (C=O) groups excluding carboxylic acids is 1.